The second kappa shape index (κ2) is 11.3. The topological polar surface area (TPSA) is 127 Å². The summed E-state index contributed by atoms with van der Waals surface area (Å²) in [6.07, 6.45) is 1.08. The normalized spacial score (nSPS) is 19.9. The van der Waals surface area contributed by atoms with Crippen LogP contribution in [0.1, 0.15) is 18.4 Å². The zero-order chi connectivity index (χ0) is 26.6. The number of carbonyl (C=O) groups is 2. The van der Waals surface area contributed by atoms with Crippen molar-refractivity contribution in [3.63, 3.8) is 0 Å². The van der Waals surface area contributed by atoms with E-state index >= 15 is 0 Å². The average molecular weight is 531 g/mol. The molecular formula is C28H30N6O5. The number of rotatable bonds is 10. The Hall–Kier alpha value is -4.22. The van der Waals surface area contributed by atoms with Gasteiger partial charge in [-0.05, 0) is 55.8 Å². The van der Waals surface area contributed by atoms with Crippen molar-refractivity contribution in [2.24, 2.45) is 0 Å². The van der Waals surface area contributed by atoms with Gasteiger partial charge in [0, 0.05) is 24.2 Å². The molecule has 1 unspecified atom stereocenters. The predicted octanol–water partition coefficient (Wildman–Crippen LogP) is 2.72. The van der Waals surface area contributed by atoms with E-state index in [-0.39, 0.29) is 18.6 Å². The molecule has 1 aromatic carbocycles. The molecule has 2 atom stereocenters. The molecule has 5 heterocycles. The zero-order valence-corrected chi connectivity index (χ0v) is 21.4. The van der Waals surface area contributed by atoms with Crippen molar-refractivity contribution >= 4 is 23.6 Å². The Labute approximate surface area is 225 Å². The van der Waals surface area contributed by atoms with Gasteiger partial charge in [0.1, 0.15) is 18.5 Å². The van der Waals surface area contributed by atoms with Gasteiger partial charge in [-0.1, -0.05) is 24.3 Å². The van der Waals surface area contributed by atoms with E-state index in [4.69, 9.17) is 14.2 Å². The van der Waals surface area contributed by atoms with Crippen molar-refractivity contribution in [2.75, 3.05) is 43.1 Å². The number of ether oxygens (including phenoxy) is 3. The summed E-state index contributed by atoms with van der Waals surface area (Å²) in [6, 6.07) is 17.9. The lowest BCUT2D eigenvalue weighted by molar-refractivity contribution is -0.118. The largest absolute Gasteiger partial charge is 0.480 e. The Bertz CT molecular complexity index is 1360. The molecule has 3 aromatic rings. The van der Waals surface area contributed by atoms with Gasteiger partial charge in [-0.15, -0.1) is 0 Å². The highest BCUT2D eigenvalue weighted by Gasteiger charge is 2.33. The van der Waals surface area contributed by atoms with E-state index in [1.165, 1.54) is 4.90 Å². The zero-order valence-electron chi connectivity index (χ0n) is 21.4. The summed E-state index contributed by atoms with van der Waals surface area (Å²) in [5.41, 5.74) is 3.03. The van der Waals surface area contributed by atoms with Gasteiger partial charge in [0.15, 0.2) is 18.2 Å². The minimum absolute atomic E-state index is 0.0450. The maximum Gasteiger partial charge on any atom is 0.415 e. The molecule has 11 nitrogen and oxygen atoms in total. The Balaban J connectivity index is 0.989. The minimum atomic E-state index is -0.453. The molecule has 0 saturated carbocycles. The summed E-state index contributed by atoms with van der Waals surface area (Å²) >= 11 is 0. The molecule has 2 amide bonds. The molecule has 0 spiro atoms. The van der Waals surface area contributed by atoms with Crippen LogP contribution in [-0.4, -0.2) is 67.0 Å². The third kappa shape index (κ3) is 5.94. The highest BCUT2D eigenvalue weighted by atomic mass is 16.6. The van der Waals surface area contributed by atoms with Crippen molar-refractivity contribution in [1.29, 1.82) is 0 Å². The number of hydrogen-bond donors (Lipinski definition) is 3. The second-order valence-electron chi connectivity index (χ2n) is 9.75. The Morgan fingerprint density at radius 1 is 1.10 bits per heavy atom. The monoisotopic (exact) mass is 530 g/mol. The van der Waals surface area contributed by atoms with E-state index in [1.54, 1.807) is 12.1 Å². The fraction of sp³-hybridized carbons (Fsp3) is 0.357. The third-order valence-electron chi connectivity index (χ3n) is 6.89. The number of hydrogen-bond acceptors (Lipinski definition) is 9. The molecule has 0 bridgehead atoms. The Morgan fingerprint density at radius 3 is 2.87 bits per heavy atom. The number of carbonyl (C=O) groups excluding carboxylic acids is 2. The van der Waals surface area contributed by atoms with Crippen molar-refractivity contribution in [1.82, 2.24) is 20.6 Å². The molecule has 3 aliphatic rings. The van der Waals surface area contributed by atoms with Crippen LogP contribution in [0.3, 0.4) is 0 Å². The lowest BCUT2D eigenvalue weighted by Crippen LogP contribution is -2.46. The van der Waals surface area contributed by atoms with Gasteiger partial charge in [-0.25, -0.2) is 14.8 Å². The van der Waals surface area contributed by atoms with Crippen LogP contribution in [0.25, 0.3) is 11.3 Å². The molecule has 2 saturated heterocycles. The third-order valence-corrected chi connectivity index (χ3v) is 6.89. The number of fused-ring (bicyclic) bond motifs is 1. The van der Waals surface area contributed by atoms with Crippen LogP contribution >= 0.6 is 0 Å². The SMILES string of the molecule is O=C1COc2ccc(N3CC(CCNCc4cccc(-c5cccc(OC[C@@H]6CCN6)n5)c4)OC3=O)nc2N1. The summed E-state index contributed by atoms with van der Waals surface area (Å²) in [5.74, 6) is 1.56. The first kappa shape index (κ1) is 25.1. The molecule has 202 valence electrons. The van der Waals surface area contributed by atoms with Crippen molar-refractivity contribution in [3.8, 4) is 22.9 Å². The average Bonchev–Trinajstić information content (AvgIpc) is 3.30. The van der Waals surface area contributed by atoms with E-state index < -0.39 is 6.09 Å². The van der Waals surface area contributed by atoms with E-state index in [0.717, 1.165) is 29.8 Å². The second-order valence-corrected chi connectivity index (χ2v) is 9.75. The van der Waals surface area contributed by atoms with Crippen LogP contribution in [0.2, 0.25) is 0 Å². The van der Waals surface area contributed by atoms with E-state index in [1.807, 2.05) is 30.3 Å². The molecule has 11 heteroatoms. The van der Waals surface area contributed by atoms with E-state index in [9.17, 15) is 9.59 Å². The van der Waals surface area contributed by atoms with Gasteiger partial charge in [-0.2, -0.15) is 0 Å². The van der Waals surface area contributed by atoms with E-state index in [0.29, 0.717) is 62.0 Å². The van der Waals surface area contributed by atoms with E-state index in [2.05, 4.69) is 38.1 Å². The first-order valence-electron chi connectivity index (χ1n) is 13.2. The van der Waals surface area contributed by atoms with Crippen LogP contribution in [0.4, 0.5) is 16.4 Å². The fourth-order valence-electron chi connectivity index (χ4n) is 4.63. The summed E-state index contributed by atoms with van der Waals surface area (Å²) in [6.45, 7) is 3.37. The fourth-order valence-corrected chi connectivity index (χ4v) is 4.63. The summed E-state index contributed by atoms with van der Waals surface area (Å²) in [5, 5.41) is 9.43. The number of aromatic nitrogens is 2. The highest BCUT2D eigenvalue weighted by Crippen LogP contribution is 2.30. The molecule has 3 N–H and O–H groups in total. The van der Waals surface area contributed by atoms with Gasteiger partial charge in [0.25, 0.3) is 5.91 Å². The molecule has 0 radical (unpaired) electrons. The summed E-state index contributed by atoms with van der Waals surface area (Å²) in [7, 11) is 0. The lowest BCUT2D eigenvalue weighted by atomic mass is 10.1. The van der Waals surface area contributed by atoms with Gasteiger partial charge in [-0.3, -0.25) is 9.69 Å². The molecule has 2 fully saturated rings. The maximum absolute atomic E-state index is 12.5. The van der Waals surface area contributed by atoms with Crippen molar-refractivity contribution in [2.45, 2.75) is 31.5 Å². The molecule has 0 aliphatic carbocycles. The molecule has 2 aromatic heterocycles. The number of cyclic esters (lactones) is 1. The maximum atomic E-state index is 12.5. The number of amides is 2. The highest BCUT2D eigenvalue weighted by molar-refractivity contribution is 5.95. The quantitative estimate of drug-likeness (QED) is 0.339. The Morgan fingerprint density at radius 2 is 2.00 bits per heavy atom. The van der Waals surface area contributed by atoms with Crippen molar-refractivity contribution in [3.05, 3.63) is 60.2 Å². The number of nitrogens with one attached hydrogen (secondary N) is 3. The first-order valence-corrected chi connectivity index (χ1v) is 13.2. The van der Waals surface area contributed by atoms with Gasteiger partial charge in [0.2, 0.25) is 5.88 Å². The van der Waals surface area contributed by atoms with Crippen LogP contribution in [0.15, 0.2) is 54.6 Å². The standard InChI is InChI=1S/C28H30N6O5/c35-25-17-37-23-7-8-24(32-27(23)33-25)34-15-21(39-28(34)36)10-11-29-14-18-3-1-4-19(13-18)22-5-2-6-26(31-22)38-16-20-9-12-30-20/h1-8,13,20-21,29-30H,9-12,14-17H2,(H,32,33,35)/t20-,21?/m0/s1. The first-order chi connectivity index (χ1) is 19.1. The summed E-state index contributed by atoms with van der Waals surface area (Å²) in [4.78, 5) is 34.6. The van der Waals surface area contributed by atoms with Gasteiger partial charge >= 0.3 is 6.09 Å². The summed E-state index contributed by atoms with van der Waals surface area (Å²) < 4.78 is 16.7. The van der Waals surface area contributed by atoms with Gasteiger partial charge < -0.3 is 30.2 Å². The number of pyridine rings is 2. The van der Waals surface area contributed by atoms with Crippen molar-refractivity contribution < 1.29 is 23.8 Å². The number of anilines is 2. The number of nitrogens with zero attached hydrogens (tertiary/aromatic N) is 3. The molecule has 39 heavy (non-hydrogen) atoms. The van der Waals surface area contributed by atoms with Crippen LogP contribution in [-0.2, 0) is 16.1 Å². The van der Waals surface area contributed by atoms with Crippen LogP contribution in [0.5, 0.6) is 11.6 Å². The van der Waals surface area contributed by atoms with Crippen LogP contribution in [0, 0.1) is 0 Å². The predicted molar refractivity (Wildman–Crippen MR) is 144 cm³/mol. The molecule has 3 aliphatic heterocycles. The smallest absolute Gasteiger partial charge is 0.415 e. The van der Waals surface area contributed by atoms with Gasteiger partial charge in [0.05, 0.1) is 12.2 Å². The Kier molecular flexibility index (Phi) is 7.24. The minimum Gasteiger partial charge on any atom is -0.480 e. The molecular weight excluding hydrogens is 500 g/mol. The molecule has 6 rings (SSSR count). The lowest BCUT2D eigenvalue weighted by Gasteiger charge is -2.27. The van der Waals surface area contributed by atoms with Crippen LogP contribution < -0.4 is 30.3 Å². The number of benzene rings is 1.